The first-order valence-electron chi connectivity index (χ1n) is 2.51. The molecule has 0 bridgehead atoms. The Hall–Kier alpha value is -1.30. The van der Waals surface area contributed by atoms with Gasteiger partial charge < -0.3 is 15.3 Å². The molecule has 0 unspecified atom stereocenters. The molecule has 7 nitrogen and oxygen atoms in total. The minimum absolute atomic E-state index is 0.125. The van der Waals surface area contributed by atoms with Crippen LogP contribution in [-0.4, -0.2) is 34.5 Å². The van der Waals surface area contributed by atoms with Crippen molar-refractivity contribution in [2.24, 2.45) is 0 Å². The lowest BCUT2D eigenvalue weighted by molar-refractivity contribution is -0.134. The molecule has 66 valence electrons. The van der Waals surface area contributed by atoms with Crippen molar-refractivity contribution < 1.29 is 20.1 Å². The molecule has 0 aliphatic carbocycles. The molecule has 0 aliphatic rings. The monoisotopic (exact) mass is 166 g/mol. The van der Waals surface area contributed by atoms with Crippen LogP contribution in [0.4, 0.5) is 0 Å². The predicted molar refractivity (Wildman–Crippen MR) is 35.1 cm³/mol. The van der Waals surface area contributed by atoms with E-state index in [9.17, 15) is 0 Å². The number of hydrogen-bond acceptors (Lipinski definition) is 5. The van der Waals surface area contributed by atoms with Crippen LogP contribution in [0.5, 0.6) is 0 Å². The third-order valence-corrected chi connectivity index (χ3v) is 0.1000. The van der Waals surface area contributed by atoms with E-state index in [-0.39, 0.29) is 13.2 Å². The summed E-state index contributed by atoms with van der Waals surface area (Å²) in [7, 11) is 0. The van der Waals surface area contributed by atoms with Gasteiger partial charge >= 0.3 is 0 Å². The number of carboxylic acids is 1. The number of aliphatic hydroxyl groups is 2. The zero-order valence-electron chi connectivity index (χ0n) is 6.11. The molecule has 0 saturated carbocycles. The van der Waals surface area contributed by atoms with Crippen molar-refractivity contribution in [2.75, 3.05) is 13.2 Å². The Kier molecular flexibility index (Phi) is 34.7. The molecular formula is C4H12N3O4+. The summed E-state index contributed by atoms with van der Waals surface area (Å²) in [5.74, 6) is -0.833. The van der Waals surface area contributed by atoms with Crippen LogP contribution >= 0.6 is 0 Å². The molecule has 0 aromatic rings. The summed E-state index contributed by atoms with van der Waals surface area (Å²) >= 11 is 0. The summed E-state index contributed by atoms with van der Waals surface area (Å²) < 4.78 is 0. The van der Waals surface area contributed by atoms with E-state index in [1.807, 2.05) is 4.91 Å². The summed E-state index contributed by atoms with van der Waals surface area (Å²) in [6.45, 7) is 0.833. The van der Waals surface area contributed by atoms with E-state index in [2.05, 4.69) is 0 Å². The van der Waals surface area contributed by atoms with Crippen molar-refractivity contribution in [2.45, 2.75) is 6.92 Å². The molecule has 0 spiro atoms. The standard InChI is InChI=1S/C2H4O2.C2H6O2.H2N3/c1-2(3)4;3-1-2-4;1-3-2/h1H3,(H,3,4);3-4H,1-2H2;1-2H/q;;+1. The minimum atomic E-state index is -0.833. The van der Waals surface area contributed by atoms with Gasteiger partial charge in [0.2, 0.25) is 4.91 Å². The van der Waals surface area contributed by atoms with Gasteiger partial charge in [-0.05, 0) is 0 Å². The fourth-order valence-electron chi connectivity index (χ4n) is 0. The first-order valence-corrected chi connectivity index (χ1v) is 2.51. The largest absolute Gasteiger partial charge is 0.481 e. The first kappa shape index (κ1) is 16.4. The molecule has 0 amide bonds. The van der Waals surface area contributed by atoms with Crippen LogP contribution in [0.3, 0.4) is 0 Å². The Balaban J connectivity index is -0.0000000886. The zero-order valence-corrected chi connectivity index (χ0v) is 6.11. The van der Waals surface area contributed by atoms with Crippen molar-refractivity contribution in [1.29, 1.82) is 11.1 Å². The number of hydrogen-bond donors (Lipinski definition) is 5. The summed E-state index contributed by atoms with van der Waals surface area (Å²) in [5, 5.41) is 22.7. The van der Waals surface area contributed by atoms with E-state index in [0.717, 1.165) is 6.92 Å². The number of nitrogens with one attached hydrogen (secondary N) is 2. The summed E-state index contributed by atoms with van der Waals surface area (Å²) in [4.78, 5) is 11.0. The van der Waals surface area contributed by atoms with Crippen LogP contribution in [0.25, 0.3) is 0 Å². The number of aliphatic carboxylic acids is 1. The van der Waals surface area contributed by atoms with E-state index in [1.165, 1.54) is 0 Å². The molecule has 0 aromatic heterocycles. The Morgan fingerprint density at radius 3 is 1.45 bits per heavy atom. The molecule has 0 fully saturated rings. The second-order valence-corrected chi connectivity index (χ2v) is 1.08. The number of rotatable bonds is 1. The van der Waals surface area contributed by atoms with Crippen LogP contribution < -0.4 is 4.91 Å². The normalized spacial score (nSPS) is 5.73. The Labute approximate surface area is 63.3 Å². The second-order valence-electron chi connectivity index (χ2n) is 1.08. The fourth-order valence-corrected chi connectivity index (χ4v) is 0. The third kappa shape index (κ3) is 4340. The van der Waals surface area contributed by atoms with Gasteiger partial charge in [-0.3, -0.25) is 4.79 Å². The minimum Gasteiger partial charge on any atom is -0.481 e. The number of carboxylic acid groups (broad SMARTS) is 1. The first-order chi connectivity index (χ1) is 5.06. The second kappa shape index (κ2) is 23.4. The summed E-state index contributed by atoms with van der Waals surface area (Å²) in [5.41, 5.74) is 11.0. The van der Waals surface area contributed by atoms with Gasteiger partial charge in [0.05, 0.1) is 13.2 Å². The molecule has 0 radical (unpaired) electrons. The number of nitrogens with zero attached hydrogens (tertiary/aromatic N) is 1. The van der Waals surface area contributed by atoms with Gasteiger partial charge in [-0.25, -0.2) is 0 Å². The van der Waals surface area contributed by atoms with Crippen LogP contribution in [0.15, 0.2) is 0 Å². The highest BCUT2D eigenvalue weighted by molar-refractivity contribution is 5.62. The van der Waals surface area contributed by atoms with Gasteiger partial charge in [-0.1, -0.05) is 0 Å². The van der Waals surface area contributed by atoms with Gasteiger partial charge in [-0.15, -0.1) is 0 Å². The van der Waals surface area contributed by atoms with Crippen molar-refractivity contribution >= 4 is 5.97 Å². The number of aliphatic hydroxyl groups excluding tert-OH is 2. The summed E-state index contributed by atoms with van der Waals surface area (Å²) in [6, 6.07) is 0. The van der Waals surface area contributed by atoms with Gasteiger partial charge in [0, 0.05) is 6.92 Å². The van der Waals surface area contributed by atoms with Gasteiger partial charge in [0.25, 0.3) is 5.97 Å². The highest BCUT2D eigenvalue weighted by Crippen LogP contribution is 1.42. The Morgan fingerprint density at radius 1 is 1.36 bits per heavy atom. The van der Waals surface area contributed by atoms with E-state index in [1.54, 1.807) is 0 Å². The van der Waals surface area contributed by atoms with Crippen LogP contribution in [-0.2, 0) is 4.79 Å². The smallest absolute Gasteiger partial charge is 0.300 e. The van der Waals surface area contributed by atoms with Gasteiger partial charge in [0.1, 0.15) is 11.1 Å². The molecule has 5 N–H and O–H groups in total. The van der Waals surface area contributed by atoms with Crippen molar-refractivity contribution in [3.05, 3.63) is 0 Å². The average molecular weight is 166 g/mol. The molecule has 11 heavy (non-hydrogen) atoms. The average Bonchev–Trinajstić information content (AvgIpc) is 1.88. The lowest BCUT2D eigenvalue weighted by Gasteiger charge is -1.70. The van der Waals surface area contributed by atoms with Gasteiger partial charge in [0.15, 0.2) is 0 Å². The molecule has 7 heteroatoms. The Bertz CT molecular complexity index is 104. The van der Waals surface area contributed by atoms with Crippen molar-refractivity contribution in [3.63, 3.8) is 0 Å². The van der Waals surface area contributed by atoms with E-state index < -0.39 is 5.97 Å². The lowest BCUT2D eigenvalue weighted by atomic mass is 10.8. The molecule has 0 rings (SSSR count). The van der Waals surface area contributed by atoms with E-state index in [4.69, 9.17) is 31.2 Å². The molecular weight excluding hydrogens is 154 g/mol. The highest BCUT2D eigenvalue weighted by Gasteiger charge is 1.65. The van der Waals surface area contributed by atoms with Crippen molar-refractivity contribution in [3.8, 4) is 0 Å². The SMILES string of the molecule is CC(=O)O.N=[N+]=N.OCCO. The number of carbonyl (C=O) groups is 1. The van der Waals surface area contributed by atoms with Crippen LogP contribution in [0.1, 0.15) is 6.92 Å². The third-order valence-electron chi connectivity index (χ3n) is 0.1000. The maximum atomic E-state index is 9.00. The maximum Gasteiger partial charge on any atom is 0.300 e. The van der Waals surface area contributed by atoms with Crippen LogP contribution in [0.2, 0.25) is 0 Å². The van der Waals surface area contributed by atoms with Crippen molar-refractivity contribution in [1.82, 2.24) is 4.91 Å². The topological polar surface area (TPSA) is 140 Å². The zero-order chi connectivity index (χ0) is 9.70. The maximum absolute atomic E-state index is 9.00. The molecule has 0 atom stereocenters. The molecule has 0 aromatic carbocycles. The highest BCUT2D eigenvalue weighted by atomic mass is 16.4. The molecule has 0 heterocycles. The van der Waals surface area contributed by atoms with Gasteiger partial charge in [-0.2, -0.15) is 0 Å². The molecule has 0 saturated heterocycles. The van der Waals surface area contributed by atoms with E-state index in [0.29, 0.717) is 0 Å². The van der Waals surface area contributed by atoms with E-state index >= 15 is 0 Å². The fraction of sp³-hybridized carbons (Fsp3) is 0.750. The molecule has 0 aliphatic heterocycles. The lowest BCUT2D eigenvalue weighted by Crippen LogP contribution is -1.85. The van der Waals surface area contributed by atoms with Crippen LogP contribution in [0, 0.1) is 11.1 Å². The predicted octanol–water partition coefficient (Wildman–Crippen LogP) is -0.823. The Morgan fingerprint density at radius 2 is 1.45 bits per heavy atom. The quantitative estimate of drug-likeness (QED) is 0.256. The summed E-state index contributed by atoms with van der Waals surface area (Å²) in [6.07, 6.45) is 0.